The molecule has 0 saturated heterocycles. The number of nitrogens with zero attached hydrogens (tertiary/aromatic N) is 3. The molecule has 1 fully saturated rings. The van der Waals surface area contributed by atoms with E-state index in [0.29, 0.717) is 0 Å². The standard InChI is InChI=1S/C65H62BN3O/c1-41-35-57-61-58(36-41)68(53-32-26-43(62(2,3)4)37-49(53)42-19-11-10-12-20-42)56-39-46(69-54-23-15-14-22-50(54)64(8)33-17-18-34-65(64,69)9)28-31-52(56)66(61)51-30-25-44(63(5,6)7)38-55(51)67(57)45-27-29-48-47-21-13-16-24-59(47)70-60(48)40-45/h10-16,19-32,35-40H,17-18,33-34H2,1-9H3. The van der Waals surface area contributed by atoms with Gasteiger partial charge in [0.15, 0.2) is 0 Å². The molecule has 1 aliphatic carbocycles. The minimum absolute atomic E-state index is 0.0171. The lowest BCUT2D eigenvalue weighted by molar-refractivity contribution is 0.195. The van der Waals surface area contributed by atoms with Crippen LogP contribution in [0.1, 0.15) is 103 Å². The Kier molecular flexibility index (Phi) is 9.24. The third-order valence-electron chi connectivity index (χ3n) is 17.1. The van der Waals surface area contributed by atoms with Crippen LogP contribution in [-0.2, 0) is 16.2 Å². The summed E-state index contributed by atoms with van der Waals surface area (Å²) in [5, 5.41) is 2.28. The highest BCUT2D eigenvalue weighted by atomic mass is 16.3. The summed E-state index contributed by atoms with van der Waals surface area (Å²) in [5.74, 6) is 0. The number of fused-ring (bicyclic) bond motifs is 10. The normalized spacial score (nSPS) is 19.3. The highest BCUT2D eigenvalue weighted by Crippen LogP contribution is 2.61. The molecule has 0 spiro atoms. The molecule has 0 radical (unpaired) electrons. The summed E-state index contributed by atoms with van der Waals surface area (Å²) >= 11 is 0. The van der Waals surface area contributed by atoms with Gasteiger partial charge in [-0.1, -0.05) is 152 Å². The fourth-order valence-electron chi connectivity index (χ4n) is 13.3. The number of hydrogen-bond donors (Lipinski definition) is 0. The zero-order valence-electron chi connectivity index (χ0n) is 42.2. The summed E-state index contributed by atoms with van der Waals surface area (Å²) < 4.78 is 6.63. The van der Waals surface area contributed by atoms with Gasteiger partial charge in [0.2, 0.25) is 0 Å². The fraction of sp³-hybridized carbons (Fsp3) is 0.262. The van der Waals surface area contributed by atoms with E-state index < -0.39 is 0 Å². The van der Waals surface area contributed by atoms with Crippen LogP contribution in [0.25, 0.3) is 33.1 Å². The second-order valence-corrected chi connectivity index (χ2v) is 23.4. The van der Waals surface area contributed by atoms with Crippen LogP contribution in [-0.4, -0.2) is 12.3 Å². The highest BCUT2D eigenvalue weighted by molar-refractivity contribution is 7.00. The summed E-state index contributed by atoms with van der Waals surface area (Å²) in [5.41, 5.74) is 23.2. The zero-order valence-corrected chi connectivity index (χ0v) is 42.2. The van der Waals surface area contributed by atoms with E-state index in [-0.39, 0.29) is 28.5 Å². The summed E-state index contributed by atoms with van der Waals surface area (Å²) in [4.78, 5) is 7.94. The van der Waals surface area contributed by atoms with E-state index in [4.69, 9.17) is 4.42 Å². The first-order valence-corrected chi connectivity index (χ1v) is 25.7. The molecule has 2 unspecified atom stereocenters. The predicted molar refractivity (Wildman–Crippen MR) is 298 cm³/mol. The number of hydrogen-bond acceptors (Lipinski definition) is 4. The van der Waals surface area contributed by atoms with Crippen molar-refractivity contribution in [3.05, 3.63) is 186 Å². The Labute approximate surface area is 414 Å². The van der Waals surface area contributed by atoms with Gasteiger partial charge in [0.05, 0.1) is 11.2 Å². The summed E-state index contributed by atoms with van der Waals surface area (Å²) in [7, 11) is 0. The second-order valence-electron chi connectivity index (χ2n) is 23.4. The van der Waals surface area contributed by atoms with Crippen molar-refractivity contribution in [3.63, 3.8) is 0 Å². The zero-order chi connectivity index (χ0) is 48.1. The van der Waals surface area contributed by atoms with E-state index in [1.807, 2.05) is 0 Å². The average molecular weight is 912 g/mol. The van der Waals surface area contributed by atoms with E-state index >= 15 is 0 Å². The number of furan rings is 1. The van der Waals surface area contributed by atoms with Crippen LogP contribution in [0.2, 0.25) is 0 Å². The van der Waals surface area contributed by atoms with Crippen LogP contribution in [0.3, 0.4) is 0 Å². The quantitative estimate of drug-likeness (QED) is 0.164. The van der Waals surface area contributed by atoms with E-state index in [1.54, 1.807) is 0 Å². The van der Waals surface area contributed by atoms with Gasteiger partial charge >= 0.3 is 0 Å². The maximum atomic E-state index is 6.63. The third kappa shape index (κ3) is 6.15. The highest BCUT2D eigenvalue weighted by Gasteiger charge is 2.58. The number of para-hydroxylation sites is 2. The first kappa shape index (κ1) is 43.1. The molecule has 2 atom stereocenters. The van der Waals surface area contributed by atoms with E-state index in [1.165, 1.54) is 109 Å². The fourth-order valence-corrected chi connectivity index (χ4v) is 13.3. The van der Waals surface area contributed by atoms with Gasteiger partial charge in [-0.25, -0.2) is 0 Å². The Bertz CT molecular complexity index is 3610. The summed E-state index contributed by atoms with van der Waals surface area (Å²) in [6.45, 7) is 21.3. The Balaban J connectivity index is 1.11. The largest absolute Gasteiger partial charge is 0.456 e. The van der Waals surface area contributed by atoms with Gasteiger partial charge in [-0.05, 0) is 148 Å². The SMILES string of the molecule is Cc1cc2c3c(c1)N(c1ccc(C(C)(C)C)cc1-c1ccccc1)c1cc(N4c5ccccc5C5(C)CCCCC45C)ccc1B3c1ccc(C(C)(C)C)cc1N2c1ccc2c(c1)oc1ccccc12. The molecule has 4 aliphatic rings. The molecule has 70 heavy (non-hydrogen) atoms. The van der Waals surface area contributed by atoms with Crippen molar-refractivity contribution in [3.8, 4) is 11.1 Å². The Hall–Kier alpha value is -6.98. The summed E-state index contributed by atoms with van der Waals surface area (Å²) in [6.07, 6.45) is 4.84. The number of benzene rings is 8. The number of anilines is 8. The molecule has 0 bridgehead atoms. The van der Waals surface area contributed by atoms with Crippen LogP contribution < -0.4 is 31.1 Å². The molecule has 0 amide bonds. The van der Waals surface area contributed by atoms with Crippen LogP contribution >= 0.6 is 0 Å². The lowest BCUT2D eigenvalue weighted by Crippen LogP contribution is -2.61. The van der Waals surface area contributed by atoms with Gasteiger partial charge in [-0.3, -0.25) is 0 Å². The first-order chi connectivity index (χ1) is 33.6. The summed E-state index contributed by atoms with van der Waals surface area (Å²) in [6, 6.07) is 62.6. The van der Waals surface area contributed by atoms with E-state index in [9.17, 15) is 0 Å². The van der Waals surface area contributed by atoms with Gasteiger partial charge in [0.1, 0.15) is 11.2 Å². The molecule has 4 heterocycles. The van der Waals surface area contributed by atoms with Gasteiger partial charge in [0, 0.05) is 67.6 Å². The van der Waals surface area contributed by atoms with Crippen LogP contribution in [0.5, 0.6) is 0 Å². The maximum Gasteiger partial charge on any atom is 0.252 e. The van der Waals surface area contributed by atoms with Gasteiger partial charge in [-0.2, -0.15) is 0 Å². The van der Waals surface area contributed by atoms with Crippen molar-refractivity contribution in [1.29, 1.82) is 0 Å². The van der Waals surface area contributed by atoms with Gasteiger partial charge in [-0.15, -0.1) is 0 Å². The van der Waals surface area contributed by atoms with Crippen molar-refractivity contribution in [1.82, 2.24) is 0 Å². The molecular formula is C65H62BN3O. The maximum absolute atomic E-state index is 6.63. The minimum atomic E-state index is -0.0733. The van der Waals surface area contributed by atoms with Gasteiger partial charge < -0.3 is 19.1 Å². The molecule has 1 aromatic heterocycles. The molecule has 5 heteroatoms. The Morgan fingerprint density at radius 3 is 1.91 bits per heavy atom. The number of aryl methyl sites for hydroxylation is 1. The number of rotatable bonds is 4. The predicted octanol–water partition coefficient (Wildman–Crippen LogP) is 16.0. The van der Waals surface area contributed by atoms with Crippen molar-refractivity contribution in [2.45, 2.75) is 110 Å². The van der Waals surface area contributed by atoms with Crippen molar-refractivity contribution in [2.24, 2.45) is 0 Å². The van der Waals surface area contributed by atoms with Crippen LogP contribution in [0.15, 0.2) is 168 Å². The van der Waals surface area contributed by atoms with E-state index in [0.717, 1.165) is 34.0 Å². The molecule has 0 N–H and O–H groups in total. The average Bonchev–Trinajstić information content (AvgIpc) is 3.82. The van der Waals surface area contributed by atoms with Crippen molar-refractivity contribution < 1.29 is 4.42 Å². The Morgan fingerprint density at radius 2 is 1.13 bits per heavy atom. The lowest BCUT2D eigenvalue weighted by Gasteiger charge is -2.50. The molecule has 1 saturated carbocycles. The molecular weight excluding hydrogens is 850 g/mol. The Morgan fingerprint density at radius 1 is 0.500 bits per heavy atom. The van der Waals surface area contributed by atoms with Crippen LogP contribution in [0.4, 0.5) is 45.5 Å². The van der Waals surface area contributed by atoms with E-state index in [2.05, 4.69) is 241 Å². The third-order valence-corrected chi connectivity index (χ3v) is 17.1. The smallest absolute Gasteiger partial charge is 0.252 e. The molecule has 346 valence electrons. The monoisotopic (exact) mass is 911 g/mol. The molecule has 13 rings (SSSR count). The molecule has 9 aromatic rings. The topological polar surface area (TPSA) is 22.9 Å². The first-order valence-electron chi connectivity index (χ1n) is 25.7. The lowest BCUT2D eigenvalue weighted by atomic mass is 9.33. The van der Waals surface area contributed by atoms with Crippen molar-refractivity contribution >= 4 is 90.5 Å². The minimum Gasteiger partial charge on any atom is -0.456 e. The van der Waals surface area contributed by atoms with Crippen molar-refractivity contribution in [2.75, 3.05) is 14.7 Å². The second kappa shape index (κ2) is 15.0. The van der Waals surface area contributed by atoms with Crippen LogP contribution in [0, 0.1) is 6.92 Å². The molecule has 3 aliphatic heterocycles. The molecule has 4 nitrogen and oxygen atoms in total. The van der Waals surface area contributed by atoms with Gasteiger partial charge in [0.25, 0.3) is 6.71 Å². The molecule has 8 aromatic carbocycles.